The second kappa shape index (κ2) is 8.50. The molecule has 4 nitrogen and oxygen atoms in total. The number of hydrogen-bond donors (Lipinski definition) is 2. The molecular weight excluding hydrogens is 328 g/mol. The Hall–Kier alpha value is -1.85. The maximum absolute atomic E-state index is 4.34. The number of fused-ring (bicyclic) bond motifs is 1. The van der Waals surface area contributed by atoms with Crippen molar-refractivity contribution in [1.29, 1.82) is 0 Å². The average molecular weight is 357 g/mol. The second-order valence-corrected chi connectivity index (χ2v) is 7.77. The molecule has 0 aliphatic carbocycles. The molecular formula is C20H28N4S. The van der Waals surface area contributed by atoms with Gasteiger partial charge in [-0.1, -0.05) is 30.3 Å². The summed E-state index contributed by atoms with van der Waals surface area (Å²) in [7, 11) is 1.83. The quantitative estimate of drug-likeness (QED) is 0.637. The molecule has 5 heteroatoms. The highest BCUT2D eigenvalue weighted by molar-refractivity contribution is 7.10. The van der Waals surface area contributed by atoms with Gasteiger partial charge >= 0.3 is 0 Å². The van der Waals surface area contributed by atoms with Crippen LogP contribution in [0.1, 0.15) is 35.9 Å². The van der Waals surface area contributed by atoms with Crippen molar-refractivity contribution in [2.24, 2.45) is 4.99 Å². The molecule has 0 fully saturated rings. The summed E-state index contributed by atoms with van der Waals surface area (Å²) in [4.78, 5) is 8.48. The van der Waals surface area contributed by atoms with E-state index in [0.717, 1.165) is 32.0 Å². The van der Waals surface area contributed by atoms with Crippen LogP contribution in [0, 0.1) is 0 Å². The third kappa shape index (κ3) is 4.61. The lowest BCUT2D eigenvalue weighted by molar-refractivity contribution is 0.181. The van der Waals surface area contributed by atoms with Gasteiger partial charge in [0.2, 0.25) is 0 Å². The summed E-state index contributed by atoms with van der Waals surface area (Å²) in [6.45, 7) is 7.23. The normalized spacial score (nSPS) is 16.6. The number of nitrogens with one attached hydrogen (secondary N) is 2. The second-order valence-electron chi connectivity index (χ2n) is 6.77. The molecule has 1 aromatic heterocycles. The minimum absolute atomic E-state index is 0.333. The Balaban J connectivity index is 1.75. The van der Waals surface area contributed by atoms with Gasteiger partial charge in [-0.15, -0.1) is 11.3 Å². The van der Waals surface area contributed by atoms with Crippen LogP contribution in [0.15, 0.2) is 46.8 Å². The van der Waals surface area contributed by atoms with E-state index in [2.05, 4.69) is 76.2 Å². The van der Waals surface area contributed by atoms with E-state index in [1.54, 1.807) is 4.88 Å². The monoisotopic (exact) mass is 356 g/mol. The van der Waals surface area contributed by atoms with Crippen molar-refractivity contribution in [3.8, 4) is 0 Å². The summed E-state index contributed by atoms with van der Waals surface area (Å²) < 4.78 is 0. The van der Waals surface area contributed by atoms with E-state index in [-0.39, 0.29) is 0 Å². The van der Waals surface area contributed by atoms with E-state index in [9.17, 15) is 0 Å². The Morgan fingerprint density at radius 1 is 1.24 bits per heavy atom. The molecule has 0 saturated heterocycles. The van der Waals surface area contributed by atoms with Gasteiger partial charge in [0.05, 0.1) is 6.04 Å². The van der Waals surface area contributed by atoms with Crippen molar-refractivity contribution in [3.63, 3.8) is 0 Å². The summed E-state index contributed by atoms with van der Waals surface area (Å²) >= 11 is 1.89. The van der Waals surface area contributed by atoms with Crippen LogP contribution in [-0.4, -0.2) is 37.0 Å². The zero-order valence-electron chi connectivity index (χ0n) is 15.3. The number of aliphatic imine (C=N–C) groups is 1. The van der Waals surface area contributed by atoms with Crippen LogP contribution in [0.4, 0.5) is 0 Å². The van der Waals surface area contributed by atoms with Gasteiger partial charge in [0.1, 0.15) is 0 Å². The molecule has 0 bridgehead atoms. The van der Waals surface area contributed by atoms with Crippen LogP contribution in [0.3, 0.4) is 0 Å². The minimum atomic E-state index is 0.333. The first-order valence-electron chi connectivity index (χ1n) is 8.98. The molecule has 25 heavy (non-hydrogen) atoms. The fraction of sp³-hybridized carbons (Fsp3) is 0.450. The predicted molar refractivity (Wildman–Crippen MR) is 107 cm³/mol. The van der Waals surface area contributed by atoms with Crippen molar-refractivity contribution in [2.45, 2.75) is 38.9 Å². The van der Waals surface area contributed by atoms with E-state index in [4.69, 9.17) is 0 Å². The molecule has 0 amide bonds. The number of nitrogens with zero attached hydrogens (tertiary/aromatic N) is 2. The molecule has 134 valence electrons. The molecule has 1 aromatic carbocycles. The molecule has 1 atom stereocenters. The van der Waals surface area contributed by atoms with Crippen molar-refractivity contribution in [1.82, 2.24) is 15.5 Å². The molecule has 1 aliphatic rings. The molecule has 1 aliphatic heterocycles. The Kier molecular flexibility index (Phi) is 6.10. The fourth-order valence-corrected chi connectivity index (χ4v) is 4.22. The lowest BCUT2D eigenvalue weighted by Gasteiger charge is -2.35. The Morgan fingerprint density at radius 3 is 2.76 bits per heavy atom. The van der Waals surface area contributed by atoms with Crippen LogP contribution >= 0.6 is 11.3 Å². The highest BCUT2D eigenvalue weighted by Gasteiger charge is 2.25. The zero-order valence-corrected chi connectivity index (χ0v) is 16.1. The smallest absolute Gasteiger partial charge is 0.191 e. The summed E-state index contributed by atoms with van der Waals surface area (Å²) in [6.07, 6.45) is 1.15. The predicted octanol–water partition coefficient (Wildman–Crippen LogP) is 3.42. The van der Waals surface area contributed by atoms with E-state index in [0.29, 0.717) is 12.1 Å². The molecule has 2 aromatic rings. The van der Waals surface area contributed by atoms with Gasteiger partial charge in [0.15, 0.2) is 5.96 Å². The number of rotatable bonds is 5. The molecule has 0 spiro atoms. The van der Waals surface area contributed by atoms with Gasteiger partial charge in [0, 0.05) is 37.6 Å². The summed E-state index contributed by atoms with van der Waals surface area (Å²) in [5.41, 5.74) is 2.84. The van der Waals surface area contributed by atoms with Crippen molar-refractivity contribution < 1.29 is 0 Å². The van der Waals surface area contributed by atoms with Crippen molar-refractivity contribution >= 4 is 17.3 Å². The molecule has 0 saturated carbocycles. The standard InChI is InChI=1S/C20H28N4S/c1-15(2)23-20(21-3)22-13-18(16-7-5-4-6-8-16)24-11-9-19-17(14-24)10-12-25-19/h4-8,10,12,15,18H,9,11,13-14H2,1-3H3,(H2,21,22,23). The average Bonchev–Trinajstić information content (AvgIpc) is 3.09. The fourth-order valence-electron chi connectivity index (χ4n) is 3.33. The zero-order chi connectivity index (χ0) is 17.6. The first kappa shape index (κ1) is 18.0. The van der Waals surface area contributed by atoms with Crippen LogP contribution in [0.2, 0.25) is 0 Å². The molecule has 2 N–H and O–H groups in total. The SMILES string of the molecule is CN=C(NCC(c1ccccc1)N1CCc2sccc2C1)NC(C)C. The number of guanidine groups is 1. The minimum Gasteiger partial charge on any atom is -0.354 e. The molecule has 1 unspecified atom stereocenters. The summed E-state index contributed by atoms with van der Waals surface area (Å²) in [5.74, 6) is 0.865. The van der Waals surface area contributed by atoms with Crippen molar-refractivity contribution in [2.75, 3.05) is 20.1 Å². The van der Waals surface area contributed by atoms with Gasteiger partial charge in [0.25, 0.3) is 0 Å². The van der Waals surface area contributed by atoms with E-state index < -0.39 is 0 Å². The summed E-state index contributed by atoms with van der Waals surface area (Å²) in [5, 5.41) is 9.11. The largest absolute Gasteiger partial charge is 0.354 e. The molecule has 0 radical (unpaired) electrons. The highest BCUT2D eigenvalue weighted by atomic mass is 32.1. The van der Waals surface area contributed by atoms with Crippen molar-refractivity contribution in [3.05, 3.63) is 57.8 Å². The van der Waals surface area contributed by atoms with Gasteiger partial charge in [-0.05, 0) is 42.8 Å². The first-order valence-corrected chi connectivity index (χ1v) is 9.86. The van der Waals surface area contributed by atoms with E-state index in [1.165, 1.54) is 11.1 Å². The Morgan fingerprint density at radius 2 is 2.04 bits per heavy atom. The Bertz CT molecular complexity index is 693. The van der Waals surface area contributed by atoms with Gasteiger partial charge in [-0.3, -0.25) is 9.89 Å². The van der Waals surface area contributed by atoms with Crippen LogP contribution in [0.25, 0.3) is 0 Å². The lowest BCUT2D eigenvalue weighted by atomic mass is 10.0. The van der Waals surface area contributed by atoms with Gasteiger partial charge in [-0.2, -0.15) is 0 Å². The maximum atomic E-state index is 4.34. The number of thiophene rings is 1. The maximum Gasteiger partial charge on any atom is 0.191 e. The first-order chi connectivity index (χ1) is 12.2. The molecule has 3 rings (SSSR count). The van der Waals surface area contributed by atoms with Crippen LogP contribution in [-0.2, 0) is 13.0 Å². The number of benzene rings is 1. The van der Waals surface area contributed by atoms with E-state index >= 15 is 0 Å². The topological polar surface area (TPSA) is 39.7 Å². The third-order valence-corrected chi connectivity index (χ3v) is 5.60. The molecule has 2 heterocycles. The van der Waals surface area contributed by atoms with Gasteiger partial charge in [-0.25, -0.2) is 0 Å². The third-order valence-electron chi connectivity index (χ3n) is 4.57. The van der Waals surface area contributed by atoms with Crippen LogP contribution in [0.5, 0.6) is 0 Å². The van der Waals surface area contributed by atoms with Crippen LogP contribution < -0.4 is 10.6 Å². The van der Waals surface area contributed by atoms with Gasteiger partial charge < -0.3 is 10.6 Å². The number of hydrogen-bond acceptors (Lipinski definition) is 3. The summed E-state index contributed by atoms with van der Waals surface area (Å²) in [6, 6.07) is 13.8. The Labute approximate surface area is 155 Å². The highest BCUT2D eigenvalue weighted by Crippen LogP contribution is 2.30. The van der Waals surface area contributed by atoms with E-state index in [1.807, 2.05) is 18.4 Å². The lowest BCUT2D eigenvalue weighted by Crippen LogP contribution is -2.46.